The van der Waals surface area contributed by atoms with Crippen molar-refractivity contribution in [1.82, 2.24) is 0 Å². The summed E-state index contributed by atoms with van der Waals surface area (Å²) in [6.07, 6.45) is 9.65. The van der Waals surface area contributed by atoms with Gasteiger partial charge in [0.2, 0.25) is 11.8 Å². The van der Waals surface area contributed by atoms with Gasteiger partial charge in [-0.25, -0.2) is 16.8 Å². The zero-order valence-corrected chi connectivity index (χ0v) is 18.4. The fraction of sp³-hybridized carbons (Fsp3) is 0.889. The molecule has 0 bridgehead atoms. The van der Waals surface area contributed by atoms with Crippen LogP contribution in [0, 0.1) is 0 Å². The summed E-state index contributed by atoms with van der Waals surface area (Å²) in [6, 6.07) is 0. The van der Waals surface area contributed by atoms with Crippen LogP contribution in [-0.2, 0) is 27.3 Å². The fourth-order valence-corrected chi connectivity index (χ4v) is 6.68. The highest BCUT2D eigenvalue weighted by Crippen LogP contribution is 2.14. The van der Waals surface area contributed by atoms with E-state index in [9.17, 15) is 26.4 Å². The largest absolute Gasteiger partial charge is 0.370 e. The summed E-state index contributed by atoms with van der Waals surface area (Å²) in [5.41, 5.74) is 10.1. The highest BCUT2D eigenvalue weighted by Gasteiger charge is 2.28. The standard InChI is InChI=1S/C18H36N2O6S2/c19-17(21)13-9-6-4-2-1-3-5-7-11-15-27(23,24)28(25,26)16-12-8-10-14-18(20)22/h1-16H2,(H2,19,21)(H2,20,22). The number of carbonyl (C=O) groups is 2. The lowest BCUT2D eigenvalue weighted by Gasteiger charge is -2.06. The molecule has 10 heteroatoms. The van der Waals surface area contributed by atoms with Crippen molar-refractivity contribution in [1.29, 1.82) is 0 Å². The molecule has 0 aromatic carbocycles. The first-order chi connectivity index (χ1) is 13.1. The van der Waals surface area contributed by atoms with E-state index in [0.29, 0.717) is 32.1 Å². The molecule has 0 heterocycles. The zero-order valence-electron chi connectivity index (χ0n) is 16.7. The number of primary amides is 2. The van der Waals surface area contributed by atoms with Gasteiger partial charge in [0.25, 0.3) is 17.7 Å². The van der Waals surface area contributed by atoms with Crippen molar-refractivity contribution in [2.24, 2.45) is 11.5 Å². The van der Waals surface area contributed by atoms with Crippen LogP contribution < -0.4 is 11.5 Å². The third kappa shape index (κ3) is 13.9. The minimum atomic E-state index is -4.15. The molecular formula is C18H36N2O6S2. The van der Waals surface area contributed by atoms with Gasteiger partial charge >= 0.3 is 0 Å². The molecule has 0 rings (SSSR count). The molecule has 0 saturated carbocycles. The van der Waals surface area contributed by atoms with Gasteiger partial charge in [0.1, 0.15) is 0 Å². The van der Waals surface area contributed by atoms with Crippen molar-refractivity contribution in [3.63, 3.8) is 0 Å². The Morgan fingerprint density at radius 1 is 0.464 bits per heavy atom. The lowest BCUT2D eigenvalue weighted by Crippen LogP contribution is -2.22. The third-order valence-corrected chi connectivity index (χ3v) is 10.2. The van der Waals surface area contributed by atoms with Crippen molar-refractivity contribution < 1.29 is 26.4 Å². The predicted molar refractivity (Wildman–Crippen MR) is 111 cm³/mol. The van der Waals surface area contributed by atoms with Crippen LogP contribution in [0.25, 0.3) is 0 Å². The van der Waals surface area contributed by atoms with Gasteiger partial charge in [0.15, 0.2) is 0 Å². The molecule has 0 fully saturated rings. The fourth-order valence-electron chi connectivity index (χ4n) is 2.82. The van der Waals surface area contributed by atoms with Crippen LogP contribution >= 0.6 is 0 Å². The Bertz CT molecular complexity index is 660. The van der Waals surface area contributed by atoms with Crippen molar-refractivity contribution in [3.8, 4) is 0 Å². The Balaban J connectivity index is 3.80. The van der Waals surface area contributed by atoms with Gasteiger partial charge in [-0.3, -0.25) is 9.59 Å². The van der Waals surface area contributed by atoms with Gasteiger partial charge in [-0.2, -0.15) is 0 Å². The summed E-state index contributed by atoms with van der Waals surface area (Å²) < 4.78 is 48.0. The second-order valence-corrected chi connectivity index (χ2v) is 13.3. The second-order valence-electron chi connectivity index (χ2n) is 7.20. The molecule has 28 heavy (non-hydrogen) atoms. The number of unbranched alkanes of at least 4 members (excludes halogenated alkanes) is 10. The van der Waals surface area contributed by atoms with E-state index in [1.807, 2.05) is 0 Å². The lowest BCUT2D eigenvalue weighted by molar-refractivity contribution is -0.119. The average molecular weight is 441 g/mol. The first-order valence-electron chi connectivity index (χ1n) is 10.1. The summed E-state index contributed by atoms with van der Waals surface area (Å²) >= 11 is 0. The number of hydrogen-bond donors (Lipinski definition) is 2. The molecule has 2 amide bonds. The van der Waals surface area contributed by atoms with Crippen LogP contribution in [0.4, 0.5) is 0 Å². The SMILES string of the molecule is NC(=O)CCCCCCCCCCCS(=O)(=O)S(=O)(=O)CCCCCC(N)=O. The summed E-state index contributed by atoms with van der Waals surface area (Å²) in [5.74, 6) is -1.44. The number of carbonyl (C=O) groups excluding carboxylic acids is 2. The molecule has 0 atom stereocenters. The summed E-state index contributed by atoms with van der Waals surface area (Å²) in [5, 5.41) is 0. The Labute approximate surface area is 169 Å². The highest BCUT2D eigenvalue weighted by molar-refractivity contribution is 8.67. The van der Waals surface area contributed by atoms with E-state index < -0.39 is 29.4 Å². The van der Waals surface area contributed by atoms with E-state index >= 15 is 0 Å². The Kier molecular flexibility index (Phi) is 14.2. The molecule has 0 aromatic heterocycles. The van der Waals surface area contributed by atoms with Crippen molar-refractivity contribution in [2.75, 3.05) is 11.5 Å². The van der Waals surface area contributed by atoms with Gasteiger partial charge in [-0.05, 0) is 25.7 Å². The van der Waals surface area contributed by atoms with Gasteiger partial charge < -0.3 is 11.5 Å². The third-order valence-electron chi connectivity index (χ3n) is 4.52. The molecule has 0 aliphatic heterocycles. The van der Waals surface area contributed by atoms with Crippen LogP contribution in [0.3, 0.4) is 0 Å². The zero-order chi connectivity index (χ0) is 21.5. The van der Waals surface area contributed by atoms with Crippen LogP contribution in [0.1, 0.15) is 89.9 Å². The average Bonchev–Trinajstić information content (AvgIpc) is 2.58. The lowest BCUT2D eigenvalue weighted by atomic mass is 10.1. The molecule has 0 aliphatic rings. The topological polar surface area (TPSA) is 154 Å². The predicted octanol–water partition coefficient (Wildman–Crippen LogP) is 2.16. The highest BCUT2D eigenvalue weighted by atomic mass is 33.2. The first-order valence-corrected chi connectivity index (χ1v) is 13.9. The molecule has 0 aromatic rings. The maximum atomic E-state index is 12.0. The van der Waals surface area contributed by atoms with Gasteiger partial charge in [0.05, 0.1) is 11.5 Å². The normalized spacial score (nSPS) is 12.1. The smallest absolute Gasteiger partial charge is 0.253 e. The molecular weight excluding hydrogens is 404 g/mol. The summed E-state index contributed by atoms with van der Waals surface area (Å²) in [6.45, 7) is 0. The summed E-state index contributed by atoms with van der Waals surface area (Å²) in [7, 11) is -8.29. The maximum Gasteiger partial charge on any atom is 0.253 e. The molecule has 0 aliphatic carbocycles. The van der Waals surface area contributed by atoms with Crippen LogP contribution in [-0.4, -0.2) is 40.2 Å². The molecule has 8 nitrogen and oxygen atoms in total. The minimum Gasteiger partial charge on any atom is -0.370 e. The van der Waals surface area contributed by atoms with E-state index in [2.05, 4.69) is 0 Å². The number of rotatable bonds is 19. The van der Waals surface area contributed by atoms with Crippen LogP contribution in [0.15, 0.2) is 0 Å². The van der Waals surface area contributed by atoms with Crippen molar-refractivity contribution in [3.05, 3.63) is 0 Å². The molecule has 0 saturated heterocycles. The Morgan fingerprint density at radius 2 is 0.714 bits per heavy atom. The quantitative estimate of drug-likeness (QED) is 0.232. The monoisotopic (exact) mass is 440 g/mol. The van der Waals surface area contributed by atoms with E-state index in [1.54, 1.807) is 0 Å². The van der Waals surface area contributed by atoms with E-state index in [0.717, 1.165) is 44.9 Å². The second kappa shape index (κ2) is 14.8. The number of nitrogens with two attached hydrogens (primary N) is 2. The molecule has 0 radical (unpaired) electrons. The van der Waals surface area contributed by atoms with Gasteiger partial charge in [-0.1, -0.05) is 51.4 Å². The maximum absolute atomic E-state index is 12.0. The van der Waals surface area contributed by atoms with Gasteiger partial charge in [-0.15, -0.1) is 0 Å². The number of amides is 2. The van der Waals surface area contributed by atoms with E-state index in [1.165, 1.54) is 0 Å². The van der Waals surface area contributed by atoms with Gasteiger partial charge in [0, 0.05) is 12.8 Å². The Hall–Kier alpha value is -1.16. The number of hydrogen-bond acceptors (Lipinski definition) is 6. The molecule has 166 valence electrons. The van der Waals surface area contributed by atoms with Crippen LogP contribution in [0.5, 0.6) is 0 Å². The van der Waals surface area contributed by atoms with Crippen LogP contribution in [0.2, 0.25) is 0 Å². The molecule has 0 spiro atoms. The van der Waals surface area contributed by atoms with E-state index in [-0.39, 0.29) is 24.5 Å². The minimum absolute atomic E-state index is 0.181. The first kappa shape index (κ1) is 26.8. The summed E-state index contributed by atoms with van der Waals surface area (Å²) in [4.78, 5) is 21.2. The van der Waals surface area contributed by atoms with Crippen molar-refractivity contribution >= 4 is 29.6 Å². The van der Waals surface area contributed by atoms with Crippen molar-refractivity contribution in [2.45, 2.75) is 89.9 Å². The van der Waals surface area contributed by atoms with E-state index in [4.69, 9.17) is 11.5 Å². The Morgan fingerprint density at radius 3 is 1.04 bits per heavy atom. The molecule has 0 unspecified atom stereocenters. The molecule has 4 N–H and O–H groups in total.